The van der Waals surface area contributed by atoms with E-state index in [1.54, 1.807) is 4.90 Å². The van der Waals surface area contributed by atoms with Crippen LogP contribution < -0.4 is 4.74 Å². The van der Waals surface area contributed by atoms with Crippen LogP contribution in [-0.4, -0.2) is 35.5 Å². The van der Waals surface area contributed by atoms with Gasteiger partial charge in [-0.25, -0.2) is 0 Å². The zero-order chi connectivity index (χ0) is 19.8. The Bertz CT molecular complexity index is 874. The molecule has 0 radical (unpaired) electrons. The molecule has 1 spiro atoms. The Morgan fingerprint density at radius 3 is 2.61 bits per heavy atom. The Hall–Kier alpha value is -2.57. The van der Waals surface area contributed by atoms with Crippen LogP contribution in [0.15, 0.2) is 42.6 Å². The van der Waals surface area contributed by atoms with Crippen molar-refractivity contribution in [3.8, 4) is 5.75 Å². The molecule has 1 aliphatic heterocycles. The summed E-state index contributed by atoms with van der Waals surface area (Å²) in [4.78, 5) is 18.7. The molecule has 1 aliphatic carbocycles. The molecule has 0 bridgehead atoms. The normalized spacial score (nSPS) is 18.2. The van der Waals surface area contributed by atoms with E-state index in [0.29, 0.717) is 13.1 Å². The SMILES string of the molecule is O=C(COc1ccccc1C(F)(F)F)N1CCC2(CCc3cccnc32)CC1. The van der Waals surface area contributed by atoms with Crippen LogP contribution in [-0.2, 0) is 22.8 Å². The van der Waals surface area contributed by atoms with E-state index in [0.717, 1.165) is 37.4 Å². The molecule has 4 rings (SSSR count). The number of benzene rings is 1. The average Bonchev–Trinajstić information content (AvgIpc) is 3.05. The summed E-state index contributed by atoms with van der Waals surface area (Å²) >= 11 is 0. The van der Waals surface area contributed by atoms with Gasteiger partial charge in [0.25, 0.3) is 5.91 Å². The van der Waals surface area contributed by atoms with Gasteiger partial charge in [0.1, 0.15) is 5.75 Å². The summed E-state index contributed by atoms with van der Waals surface area (Å²) in [6.45, 7) is 0.743. The minimum Gasteiger partial charge on any atom is -0.483 e. The Balaban J connectivity index is 1.37. The number of ether oxygens (including phenoxy) is 1. The molecular formula is C21H21F3N2O2. The van der Waals surface area contributed by atoms with Gasteiger partial charge >= 0.3 is 6.18 Å². The van der Waals surface area contributed by atoms with Gasteiger partial charge in [-0.05, 0) is 49.4 Å². The molecule has 1 saturated heterocycles. The number of pyridine rings is 1. The number of halogens is 3. The Morgan fingerprint density at radius 2 is 1.86 bits per heavy atom. The first-order valence-corrected chi connectivity index (χ1v) is 9.40. The van der Waals surface area contributed by atoms with Crippen molar-refractivity contribution in [3.05, 3.63) is 59.4 Å². The van der Waals surface area contributed by atoms with Crippen LogP contribution in [0.5, 0.6) is 5.75 Å². The number of likely N-dealkylation sites (tertiary alicyclic amines) is 1. The van der Waals surface area contributed by atoms with Gasteiger partial charge in [-0.15, -0.1) is 0 Å². The summed E-state index contributed by atoms with van der Waals surface area (Å²) in [5.41, 5.74) is 1.60. The summed E-state index contributed by atoms with van der Waals surface area (Å²) in [6.07, 6.45) is 0.991. The van der Waals surface area contributed by atoms with E-state index in [1.807, 2.05) is 12.3 Å². The second-order valence-electron chi connectivity index (χ2n) is 7.45. The van der Waals surface area contributed by atoms with Crippen LogP contribution >= 0.6 is 0 Å². The molecule has 2 aliphatic rings. The van der Waals surface area contributed by atoms with Gasteiger partial charge in [-0.1, -0.05) is 18.2 Å². The number of alkyl halides is 3. The summed E-state index contributed by atoms with van der Waals surface area (Å²) in [6, 6.07) is 9.02. The lowest BCUT2D eigenvalue weighted by Crippen LogP contribution is -2.46. The van der Waals surface area contributed by atoms with Crippen molar-refractivity contribution >= 4 is 5.91 Å². The van der Waals surface area contributed by atoms with Crippen molar-refractivity contribution in [2.45, 2.75) is 37.3 Å². The molecule has 4 nitrogen and oxygen atoms in total. The Labute approximate surface area is 161 Å². The maximum absolute atomic E-state index is 13.0. The van der Waals surface area contributed by atoms with E-state index in [2.05, 4.69) is 11.1 Å². The maximum Gasteiger partial charge on any atom is 0.419 e. The van der Waals surface area contributed by atoms with Gasteiger partial charge in [-0.3, -0.25) is 9.78 Å². The minimum atomic E-state index is -4.51. The zero-order valence-electron chi connectivity index (χ0n) is 15.3. The van der Waals surface area contributed by atoms with Gasteiger partial charge in [-0.2, -0.15) is 13.2 Å². The topological polar surface area (TPSA) is 42.4 Å². The Kier molecular flexibility index (Phi) is 4.77. The number of piperidine rings is 1. The number of amides is 1. The van der Waals surface area contributed by atoms with Crippen LogP contribution in [0.1, 0.15) is 36.1 Å². The van der Waals surface area contributed by atoms with Crippen molar-refractivity contribution in [2.24, 2.45) is 0 Å². The van der Waals surface area contributed by atoms with Gasteiger partial charge in [0.05, 0.1) is 5.56 Å². The first-order valence-electron chi connectivity index (χ1n) is 9.40. The van der Waals surface area contributed by atoms with Crippen molar-refractivity contribution in [1.29, 1.82) is 0 Å². The molecule has 2 aromatic rings. The van der Waals surface area contributed by atoms with Crippen LogP contribution in [0.25, 0.3) is 0 Å². The summed E-state index contributed by atoms with van der Waals surface area (Å²) in [5, 5.41) is 0. The largest absolute Gasteiger partial charge is 0.483 e. The number of para-hydroxylation sites is 1. The molecular weight excluding hydrogens is 369 g/mol. The van der Waals surface area contributed by atoms with Crippen LogP contribution in [0, 0.1) is 0 Å². The van der Waals surface area contributed by atoms with E-state index >= 15 is 0 Å². The number of aryl methyl sites for hydroxylation is 1. The third-order valence-electron chi connectivity index (χ3n) is 5.88. The lowest BCUT2D eigenvalue weighted by atomic mass is 9.76. The second-order valence-corrected chi connectivity index (χ2v) is 7.45. The summed E-state index contributed by atoms with van der Waals surface area (Å²) < 4.78 is 44.3. The zero-order valence-corrected chi connectivity index (χ0v) is 15.3. The molecule has 0 atom stereocenters. The van der Waals surface area contributed by atoms with Gasteiger partial charge in [0.2, 0.25) is 0 Å². The third-order valence-corrected chi connectivity index (χ3v) is 5.88. The molecule has 148 valence electrons. The van der Waals surface area contributed by atoms with E-state index in [1.165, 1.54) is 23.8 Å². The molecule has 1 aromatic carbocycles. The third kappa shape index (κ3) is 3.45. The molecule has 7 heteroatoms. The summed E-state index contributed by atoms with van der Waals surface area (Å²) in [5.74, 6) is -0.600. The van der Waals surface area contributed by atoms with Gasteiger partial charge in [0, 0.05) is 30.4 Å². The fourth-order valence-corrected chi connectivity index (χ4v) is 4.34. The lowest BCUT2D eigenvalue weighted by molar-refractivity contribution is -0.141. The number of hydrogen-bond acceptors (Lipinski definition) is 3. The molecule has 1 aromatic heterocycles. The lowest BCUT2D eigenvalue weighted by Gasteiger charge is -2.39. The van der Waals surface area contributed by atoms with Gasteiger partial charge < -0.3 is 9.64 Å². The fourth-order valence-electron chi connectivity index (χ4n) is 4.34. The van der Waals surface area contributed by atoms with Crippen molar-refractivity contribution < 1.29 is 22.7 Å². The van der Waals surface area contributed by atoms with E-state index in [4.69, 9.17) is 4.74 Å². The second kappa shape index (κ2) is 7.11. The molecule has 0 unspecified atom stereocenters. The van der Waals surface area contributed by atoms with E-state index < -0.39 is 18.3 Å². The highest BCUT2D eigenvalue weighted by Gasteiger charge is 2.43. The van der Waals surface area contributed by atoms with Crippen molar-refractivity contribution in [1.82, 2.24) is 9.88 Å². The number of carbonyl (C=O) groups excluding carboxylic acids is 1. The summed E-state index contributed by atoms with van der Waals surface area (Å²) in [7, 11) is 0. The highest BCUT2D eigenvalue weighted by atomic mass is 19.4. The molecule has 0 N–H and O–H groups in total. The number of rotatable bonds is 3. The molecule has 1 fully saturated rings. The Morgan fingerprint density at radius 1 is 1.11 bits per heavy atom. The highest BCUT2D eigenvalue weighted by molar-refractivity contribution is 5.78. The van der Waals surface area contributed by atoms with E-state index in [-0.39, 0.29) is 17.1 Å². The van der Waals surface area contributed by atoms with Crippen molar-refractivity contribution in [3.63, 3.8) is 0 Å². The van der Waals surface area contributed by atoms with Crippen LogP contribution in [0.4, 0.5) is 13.2 Å². The highest BCUT2D eigenvalue weighted by Crippen LogP contribution is 2.45. The number of fused-ring (bicyclic) bond motifs is 2. The quantitative estimate of drug-likeness (QED) is 0.796. The minimum absolute atomic E-state index is 0.0249. The number of hydrogen-bond donors (Lipinski definition) is 0. The standard InChI is InChI=1S/C21H21F3N2O2/c22-21(23,24)16-5-1-2-6-17(16)28-14-18(27)26-12-9-20(10-13-26)8-7-15-4-3-11-25-19(15)20/h1-6,11H,7-10,12-14H2. The molecule has 0 saturated carbocycles. The molecule has 28 heavy (non-hydrogen) atoms. The van der Waals surface area contributed by atoms with Crippen molar-refractivity contribution in [2.75, 3.05) is 19.7 Å². The number of aromatic nitrogens is 1. The molecule has 1 amide bonds. The predicted octanol–water partition coefficient (Wildman–Crippen LogP) is 3.99. The number of nitrogens with zero attached hydrogens (tertiary/aromatic N) is 2. The van der Waals surface area contributed by atoms with E-state index in [9.17, 15) is 18.0 Å². The van der Waals surface area contributed by atoms with Crippen LogP contribution in [0.3, 0.4) is 0 Å². The van der Waals surface area contributed by atoms with Crippen LogP contribution in [0.2, 0.25) is 0 Å². The maximum atomic E-state index is 13.0. The first kappa shape index (κ1) is 18.8. The average molecular weight is 390 g/mol. The monoisotopic (exact) mass is 390 g/mol. The smallest absolute Gasteiger partial charge is 0.419 e. The van der Waals surface area contributed by atoms with Gasteiger partial charge in [0.15, 0.2) is 6.61 Å². The fraction of sp³-hybridized carbons (Fsp3) is 0.429. The number of carbonyl (C=O) groups is 1. The predicted molar refractivity (Wildman–Crippen MR) is 97.0 cm³/mol. The first-order chi connectivity index (χ1) is 13.4. The molecule has 2 heterocycles.